The Kier molecular flexibility index (Phi) is 7.91. The highest BCUT2D eigenvalue weighted by Gasteiger charge is 2.31. The largest absolute Gasteiger partial charge is 0.311 e. The van der Waals surface area contributed by atoms with Crippen LogP contribution in [0, 0.1) is 16.7 Å². The van der Waals surface area contributed by atoms with E-state index in [4.69, 9.17) is 5.41 Å². The number of nitrogens with zero attached hydrogens (tertiary/aromatic N) is 2. The molecule has 0 unspecified atom stereocenters. The van der Waals surface area contributed by atoms with Crippen molar-refractivity contribution in [2.45, 2.75) is 6.92 Å². The molecule has 1 N–H and O–H groups in total. The van der Waals surface area contributed by atoms with Gasteiger partial charge in [0.2, 0.25) is 0 Å². The molecule has 0 bridgehead atoms. The predicted molar refractivity (Wildman–Crippen MR) is 234 cm³/mol. The summed E-state index contributed by atoms with van der Waals surface area (Å²) in [6.07, 6.45) is 0. The van der Waals surface area contributed by atoms with Gasteiger partial charge in [-0.05, 0) is 138 Å². The van der Waals surface area contributed by atoms with Crippen molar-refractivity contribution in [1.82, 2.24) is 0 Å². The van der Waals surface area contributed by atoms with Gasteiger partial charge in [-0.15, -0.1) is 0 Å². The maximum atomic E-state index is 9.48. The molecule has 0 spiro atoms. The van der Waals surface area contributed by atoms with Crippen LogP contribution >= 0.6 is 0 Å². The number of hydrogen-bond acceptors (Lipinski definition) is 3. The summed E-state index contributed by atoms with van der Waals surface area (Å²) in [5, 5.41) is 22.6. The molecule has 262 valence electrons. The van der Waals surface area contributed by atoms with Crippen molar-refractivity contribution < 1.29 is 0 Å². The lowest BCUT2D eigenvalue weighted by Crippen LogP contribution is -2.10. The minimum Gasteiger partial charge on any atom is -0.311 e. The molecule has 0 fully saturated rings. The van der Waals surface area contributed by atoms with Gasteiger partial charge in [-0.1, -0.05) is 140 Å². The Labute approximate surface area is 326 Å². The molecule has 0 aromatic heterocycles. The standard InChI is InChI=1S/C53H35N3/c1-34(55)36-21-27-41(28-22-36)56(40-25-19-35(33-54)20-26-40)42-29-23-37(24-30-42)43-31-32-48-51-44(43)17-10-18-47(51)52-49(38-11-4-2-5-12-38)45-15-8-9-16-46(45)50(53(48)52)39-13-6-3-7-14-39/h2-32,55H,1H3. The number of fused-ring (bicyclic) bond motifs is 4. The van der Waals surface area contributed by atoms with E-state index in [1.807, 2.05) is 36.4 Å². The van der Waals surface area contributed by atoms with Gasteiger partial charge < -0.3 is 10.3 Å². The van der Waals surface area contributed by atoms with Crippen molar-refractivity contribution in [3.05, 3.63) is 199 Å². The third kappa shape index (κ3) is 5.31. The summed E-state index contributed by atoms with van der Waals surface area (Å²) in [4.78, 5) is 2.19. The molecule has 0 saturated heterocycles. The van der Waals surface area contributed by atoms with E-state index >= 15 is 0 Å². The first-order valence-corrected chi connectivity index (χ1v) is 18.9. The normalized spacial score (nSPS) is 11.4. The van der Waals surface area contributed by atoms with Crippen LogP contribution in [0.2, 0.25) is 0 Å². The monoisotopic (exact) mass is 713 g/mol. The van der Waals surface area contributed by atoms with E-state index in [-0.39, 0.29) is 0 Å². The average Bonchev–Trinajstić information content (AvgIpc) is 3.59. The Morgan fingerprint density at radius 2 is 0.893 bits per heavy atom. The molecule has 9 aromatic rings. The zero-order valence-corrected chi connectivity index (χ0v) is 30.8. The van der Waals surface area contributed by atoms with Crippen LogP contribution in [0.3, 0.4) is 0 Å². The van der Waals surface area contributed by atoms with E-state index in [2.05, 4.69) is 163 Å². The SMILES string of the molecule is CC(=N)c1ccc(N(c2ccc(C#N)cc2)c2ccc(-c3ccc4c5c(cccc35)-c3c-4c(-c4ccccc4)c4ccccc4c3-c3ccccc3)cc2)cc1. The second-order valence-corrected chi connectivity index (χ2v) is 14.4. The Balaban J connectivity index is 1.15. The van der Waals surface area contributed by atoms with Crippen molar-refractivity contribution >= 4 is 44.3 Å². The van der Waals surface area contributed by atoms with Crippen LogP contribution < -0.4 is 4.90 Å². The average molecular weight is 714 g/mol. The molecule has 10 rings (SSSR count). The predicted octanol–water partition coefficient (Wildman–Crippen LogP) is 14.4. The summed E-state index contributed by atoms with van der Waals surface area (Å²) in [5.41, 5.74) is 17.4. The highest BCUT2D eigenvalue weighted by molar-refractivity contribution is 6.28. The van der Waals surface area contributed by atoms with E-state index in [0.717, 1.165) is 28.2 Å². The van der Waals surface area contributed by atoms with Gasteiger partial charge >= 0.3 is 0 Å². The molecule has 0 saturated carbocycles. The molecule has 0 atom stereocenters. The zero-order valence-electron chi connectivity index (χ0n) is 30.8. The van der Waals surface area contributed by atoms with Gasteiger partial charge in [-0.25, -0.2) is 0 Å². The van der Waals surface area contributed by atoms with Gasteiger partial charge in [0.1, 0.15) is 0 Å². The summed E-state index contributed by atoms with van der Waals surface area (Å²) < 4.78 is 0. The van der Waals surface area contributed by atoms with Crippen molar-refractivity contribution in [1.29, 1.82) is 10.7 Å². The van der Waals surface area contributed by atoms with E-state index in [1.165, 1.54) is 71.6 Å². The zero-order chi connectivity index (χ0) is 37.8. The quantitative estimate of drug-likeness (QED) is 0.167. The second kappa shape index (κ2) is 13.4. The molecule has 1 aliphatic carbocycles. The Bertz CT molecular complexity index is 2920. The number of benzene rings is 9. The second-order valence-electron chi connectivity index (χ2n) is 14.4. The van der Waals surface area contributed by atoms with Gasteiger partial charge in [-0.3, -0.25) is 0 Å². The van der Waals surface area contributed by atoms with Crippen LogP contribution in [0.15, 0.2) is 188 Å². The smallest absolute Gasteiger partial charge is 0.0991 e. The molecule has 1 aliphatic rings. The van der Waals surface area contributed by atoms with Gasteiger partial charge in [0, 0.05) is 22.8 Å². The number of nitrogens with one attached hydrogen (secondary N) is 1. The molecule has 9 aromatic carbocycles. The first-order valence-electron chi connectivity index (χ1n) is 18.9. The summed E-state index contributed by atoms with van der Waals surface area (Å²) in [7, 11) is 0. The highest BCUT2D eigenvalue weighted by atomic mass is 15.1. The van der Waals surface area contributed by atoms with Gasteiger partial charge in [-0.2, -0.15) is 5.26 Å². The topological polar surface area (TPSA) is 50.9 Å². The van der Waals surface area contributed by atoms with Crippen LogP contribution in [-0.4, -0.2) is 5.71 Å². The Morgan fingerprint density at radius 1 is 0.429 bits per heavy atom. The Morgan fingerprint density at radius 3 is 1.43 bits per heavy atom. The lowest BCUT2D eigenvalue weighted by atomic mass is 9.82. The summed E-state index contributed by atoms with van der Waals surface area (Å²) in [6, 6.07) is 68.8. The van der Waals surface area contributed by atoms with Crippen molar-refractivity contribution in [3.63, 3.8) is 0 Å². The summed E-state index contributed by atoms with van der Waals surface area (Å²) in [6.45, 7) is 1.80. The molecule has 3 nitrogen and oxygen atoms in total. The lowest BCUT2D eigenvalue weighted by molar-refractivity contribution is 1.28. The van der Waals surface area contributed by atoms with Crippen molar-refractivity contribution in [2.75, 3.05) is 4.90 Å². The van der Waals surface area contributed by atoms with Gasteiger partial charge in [0.25, 0.3) is 0 Å². The van der Waals surface area contributed by atoms with E-state index in [0.29, 0.717) is 11.3 Å². The number of rotatable bonds is 7. The van der Waals surface area contributed by atoms with Crippen LogP contribution in [0.1, 0.15) is 18.1 Å². The molecule has 0 heterocycles. The highest BCUT2D eigenvalue weighted by Crippen LogP contribution is 2.58. The Hall–Kier alpha value is -7.54. The molecule has 0 amide bonds. The molecule has 3 heteroatoms. The van der Waals surface area contributed by atoms with Gasteiger partial charge in [0.05, 0.1) is 11.6 Å². The van der Waals surface area contributed by atoms with E-state index in [9.17, 15) is 5.26 Å². The molecular weight excluding hydrogens is 679 g/mol. The van der Waals surface area contributed by atoms with Gasteiger partial charge in [0.15, 0.2) is 0 Å². The minimum absolute atomic E-state index is 0.528. The maximum Gasteiger partial charge on any atom is 0.0991 e. The van der Waals surface area contributed by atoms with E-state index in [1.54, 1.807) is 6.92 Å². The fraction of sp³-hybridized carbons (Fsp3) is 0.0189. The fourth-order valence-electron chi connectivity index (χ4n) is 8.64. The third-order valence-corrected chi connectivity index (χ3v) is 11.2. The molecule has 0 radical (unpaired) electrons. The van der Waals surface area contributed by atoms with Crippen molar-refractivity contribution in [3.8, 4) is 61.7 Å². The lowest BCUT2D eigenvalue weighted by Gasteiger charge is -2.26. The minimum atomic E-state index is 0.528. The number of hydrogen-bond donors (Lipinski definition) is 1. The first kappa shape index (κ1) is 33.1. The van der Waals surface area contributed by atoms with E-state index < -0.39 is 0 Å². The summed E-state index contributed by atoms with van der Waals surface area (Å²) in [5.74, 6) is 0. The summed E-state index contributed by atoms with van der Waals surface area (Å²) >= 11 is 0. The first-order chi connectivity index (χ1) is 27.6. The molecule has 56 heavy (non-hydrogen) atoms. The van der Waals surface area contributed by atoms with Crippen LogP contribution in [0.4, 0.5) is 17.1 Å². The molecular formula is C53H35N3. The van der Waals surface area contributed by atoms with Crippen LogP contribution in [0.5, 0.6) is 0 Å². The van der Waals surface area contributed by atoms with Crippen LogP contribution in [0.25, 0.3) is 77.2 Å². The maximum absolute atomic E-state index is 9.48. The number of nitriles is 1. The molecule has 0 aliphatic heterocycles. The van der Waals surface area contributed by atoms with Crippen molar-refractivity contribution in [2.24, 2.45) is 0 Å². The van der Waals surface area contributed by atoms with Crippen LogP contribution in [-0.2, 0) is 0 Å². The third-order valence-electron chi connectivity index (χ3n) is 11.2. The fourth-order valence-corrected chi connectivity index (χ4v) is 8.64. The number of anilines is 3.